The Bertz CT molecular complexity index is 2410. The van der Waals surface area contributed by atoms with E-state index in [0.717, 1.165) is 0 Å². The van der Waals surface area contributed by atoms with Crippen LogP contribution in [0.5, 0.6) is 0 Å². The standard InChI is InChI=1S/C38H24N2S/c1-3-13-25(14-4-1)39-31-21-9-7-17-29(31)35-27(19-11-23-33(35)39)28-20-12-24-34-36(28)37-38(41-34)30-18-8-10-22-32(30)40(37)26-15-5-2-6-16-26/h1-24H. The molecule has 0 radical (unpaired) electrons. The third-order valence-corrected chi connectivity index (χ3v) is 9.50. The van der Waals surface area contributed by atoms with E-state index in [1.54, 1.807) is 0 Å². The predicted octanol–water partition coefficient (Wildman–Crippen LogP) is 10.8. The monoisotopic (exact) mass is 540 g/mol. The van der Waals surface area contributed by atoms with Crippen LogP contribution < -0.4 is 0 Å². The van der Waals surface area contributed by atoms with Crippen LogP contribution in [0.25, 0.3) is 75.5 Å². The first-order valence-electron chi connectivity index (χ1n) is 14.0. The fourth-order valence-corrected chi connectivity index (χ4v) is 7.93. The number of rotatable bonds is 3. The molecular weight excluding hydrogens is 516 g/mol. The number of fused-ring (bicyclic) bond motifs is 8. The second kappa shape index (κ2) is 8.69. The van der Waals surface area contributed by atoms with Gasteiger partial charge < -0.3 is 9.13 Å². The van der Waals surface area contributed by atoms with Crippen molar-refractivity contribution in [2.24, 2.45) is 0 Å². The van der Waals surface area contributed by atoms with Gasteiger partial charge in [-0.25, -0.2) is 0 Å². The normalized spacial score (nSPS) is 11.9. The van der Waals surface area contributed by atoms with Crippen molar-refractivity contribution in [1.82, 2.24) is 9.13 Å². The Labute approximate surface area is 240 Å². The highest BCUT2D eigenvalue weighted by atomic mass is 32.1. The summed E-state index contributed by atoms with van der Waals surface area (Å²) in [5.74, 6) is 0. The van der Waals surface area contributed by atoms with Gasteiger partial charge in [-0.2, -0.15) is 0 Å². The molecule has 0 fully saturated rings. The predicted molar refractivity (Wildman–Crippen MR) is 176 cm³/mol. The quantitative estimate of drug-likeness (QED) is 0.211. The lowest BCUT2D eigenvalue weighted by molar-refractivity contribution is 1.18. The van der Waals surface area contributed by atoms with E-state index < -0.39 is 0 Å². The van der Waals surface area contributed by atoms with Gasteiger partial charge in [0, 0.05) is 37.6 Å². The molecule has 9 rings (SSSR count). The van der Waals surface area contributed by atoms with Crippen molar-refractivity contribution in [2.75, 3.05) is 0 Å². The molecule has 0 aliphatic rings. The van der Waals surface area contributed by atoms with Crippen molar-refractivity contribution in [2.45, 2.75) is 0 Å². The first kappa shape index (κ1) is 22.7. The summed E-state index contributed by atoms with van der Waals surface area (Å²) in [5, 5.41) is 5.18. The molecule has 0 N–H and O–H groups in total. The molecule has 0 amide bonds. The van der Waals surface area contributed by atoms with E-state index in [2.05, 4.69) is 155 Å². The van der Waals surface area contributed by atoms with E-state index in [4.69, 9.17) is 0 Å². The molecule has 2 nitrogen and oxygen atoms in total. The average molecular weight is 541 g/mol. The zero-order valence-corrected chi connectivity index (χ0v) is 23.0. The number of hydrogen-bond donors (Lipinski definition) is 0. The summed E-state index contributed by atoms with van der Waals surface area (Å²) in [6.07, 6.45) is 0. The second-order valence-electron chi connectivity index (χ2n) is 10.5. The Morgan fingerprint density at radius 1 is 0.390 bits per heavy atom. The zero-order valence-electron chi connectivity index (χ0n) is 22.2. The van der Waals surface area contributed by atoms with Gasteiger partial charge in [-0.1, -0.05) is 97.1 Å². The fourth-order valence-electron chi connectivity index (χ4n) is 6.68. The Morgan fingerprint density at radius 2 is 0.927 bits per heavy atom. The summed E-state index contributed by atoms with van der Waals surface area (Å²) in [6.45, 7) is 0. The van der Waals surface area contributed by atoms with Gasteiger partial charge in [0.05, 0.1) is 26.8 Å². The molecule has 0 aliphatic heterocycles. The zero-order chi connectivity index (χ0) is 26.9. The highest BCUT2D eigenvalue weighted by Gasteiger charge is 2.22. The van der Waals surface area contributed by atoms with Crippen LogP contribution in [0, 0.1) is 0 Å². The molecule has 3 heteroatoms. The number of hydrogen-bond acceptors (Lipinski definition) is 1. The average Bonchev–Trinajstić information content (AvgIpc) is 3.69. The van der Waals surface area contributed by atoms with Crippen LogP contribution in [0.3, 0.4) is 0 Å². The van der Waals surface area contributed by atoms with Crippen LogP contribution in [0.15, 0.2) is 146 Å². The number of para-hydroxylation sites is 4. The topological polar surface area (TPSA) is 9.86 Å². The van der Waals surface area contributed by atoms with Crippen LogP contribution in [0.2, 0.25) is 0 Å². The van der Waals surface area contributed by atoms with Crippen molar-refractivity contribution >= 4 is 64.3 Å². The van der Waals surface area contributed by atoms with Crippen LogP contribution in [0.1, 0.15) is 0 Å². The molecule has 0 bridgehead atoms. The van der Waals surface area contributed by atoms with E-state index in [-0.39, 0.29) is 0 Å². The van der Waals surface area contributed by atoms with Crippen molar-refractivity contribution < 1.29 is 0 Å². The molecule has 0 aliphatic carbocycles. The lowest BCUT2D eigenvalue weighted by atomic mass is 9.96. The highest BCUT2D eigenvalue weighted by molar-refractivity contribution is 7.26. The summed E-state index contributed by atoms with van der Waals surface area (Å²) in [6, 6.07) is 52.7. The maximum atomic E-state index is 2.46. The van der Waals surface area contributed by atoms with Crippen molar-refractivity contribution in [3.63, 3.8) is 0 Å². The molecule has 0 atom stereocenters. The summed E-state index contributed by atoms with van der Waals surface area (Å²) in [4.78, 5) is 0. The maximum absolute atomic E-state index is 2.46. The summed E-state index contributed by atoms with van der Waals surface area (Å²) < 4.78 is 7.51. The minimum atomic E-state index is 1.18. The molecule has 9 aromatic rings. The highest BCUT2D eigenvalue weighted by Crippen LogP contribution is 2.47. The lowest BCUT2D eigenvalue weighted by Gasteiger charge is -2.11. The molecule has 3 aromatic heterocycles. The van der Waals surface area contributed by atoms with Gasteiger partial charge in [-0.05, 0) is 59.7 Å². The molecule has 3 heterocycles. The van der Waals surface area contributed by atoms with E-state index in [1.165, 1.54) is 75.5 Å². The van der Waals surface area contributed by atoms with E-state index in [9.17, 15) is 0 Å². The molecule has 0 unspecified atom stereocenters. The molecule has 0 saturated heterocycles. The Kier molecular flexibility index (Phi) is 4.80. The van der Waals surface area contributed by atoms with Gasteiger partial charge in [0.2, 0.25) is 0 Å². The molecular formula is C38H24N2S. The van der Waals surface area contributed by atoms with Crippen LogP contribution >= 0.6 is 11.3 Å². The molecule has 41 heavy (non-hydrogen) atoms. The largest absolute Gasteiger partial charge is 0.309 e. The SMILES string of the molecule is c1ccc(-n2c3ccccc3c3c(-c4cccc5sc6c7ccccc7n(-c7ccccc7)c6c45)cccc32)cc1. The van der Waals surface area contributed by atoms with Crippen molar-refractivity contribution in [3.05, 3.63) is 146 Å². The molecule has 6 aromatic carbocycles. The summed E-state index contributed by atoms with van der Waals surface area (Å²) >= 11 is 1.90. The minimum Gasteiger partial charge on any atom is -0.309 e. The Hall–Kier alpha value is -5.12. The molecule has 0 spiro atoms. The molecule has 192 valence electrons. The number of aromatic nitrogens is 2. The van der Waals surface area contributed by atoms with Crippen LogP contribution in [-0.4, -0.2) is 9.13 Å². The first-order chi connectivity index (χ1) is 20.4. The second-order valence-corrected chi connectivity index (χ2v) is 11.6. The minimum absolute atomic E-state index is 1.18. The molecule has 0 saturated carbocycles. The van der Waals surface area contributed by atoms with Gasteiger partial charge in [-0.15, -0.1) is 11.3 Å². The van der Waals surface area contributed by atoms with Crippen LogP contribution in [0.4, 0.5) is 0 Å². The Morgan fingerprint density at radius 3 is 1.66 bits per heavy atom. The number of benzene rings is 6. The van der Waals surface area contributed by atoms with Gasteiger partial charge in [0.1, 0.15) is 0 Å². The third kappa shape index (κ3) is 3.18. The lowest BCUT2D eigenvalue weighted by Crippen LogP contribution is -1.94. The smallest absolute Gasteiger partial charge is 0.0734 e. The van der Waals surface area contributed by atoms with Gasteiger partial charge in [0.15, 0.2) is 0 Å². The summed E-state index contributed by atoms with van der Waals surface area (Å²) in [5.41, 5.74) is 9.89. The number of thiophene rings is 1. The fraction of sp³-hybridized carbons (Fsp3) is 0. The van der Waals surface area contributed by atoms with E-state index in [0.29, 0.717) is 0 Å². The van der Waals surface area contributed by atoms with Crippen molar-refractivity contribution in [1.29, 1.82) is 0 Å². The van der Waals surface area contributed by atoms with E-state index in [1.807, 2.05) is 11.3 Å². The number of nitrogens with zero attached hydrogens (tertiary/aromatic N) is 2. The van der Waals surface area contributed by atoms with Crippen molar-refractivity contribution in [3.8, 4) is 22.5 Å². The first-order valence-corrected chi connectivity index (χ1v) is 14.8. The maximum Gasteiger partial charge on any atom is 0.0734 e. The van der Waals surface area contributed by atoms with Gasteiger partial charge in [-0.3, -0.25) is 0 Å². The third-order valence-electron chi connectivity index (χ3n) is 8.32. The summed E-state index contributed by atoms with van der Waals surface area (Å²) in [7, 11) is 0. The van der Waals surface area contributed by atoms with Crippen LogP contribution in [-0.2, 0) is 0 Å². The van der Waals surface area contributed by atoms with Gasteiger partial charge >= 0.3 is 0 Å². The Balaban J connectivity index is 1.46. The van der Waals surface area contributed by atoms with E-state index >= 15 is 0 Å². The van der Waals surface area contributed by atoms with Gasteiger partial charge in [0.25, 0.3) is 0 Å².